The number of nitrogens with zero attached hydrogens (tertiary/aromatic N) is 1. The number of halogens is 1. The Kier molecular flexibility index (Phi) is 5.99. The first-order valence-electron chi connectivity index (χ1n) is 7.62. The van der Waals surface area contributed by atoms with Crippen molar-refractivity contribution in [1.82, 2.24) is 10.6 Å². The van der Waals surface area contributed by atoms with Crippen molar-refractivity contribution in [2.45, 2.75) is 19.3 Å². The maximum absolute atomic E-state index is 13.6. The highest BCUT2D eigenvalue weighted by atomic mass is 19.1. The molecule has 0 atom stereocenters. The van der Waals surface area contributed by atoms with Gasteiger partial charge in [-0.3, -0.25) is 4.79 Å². The molecule has 0 spiro atoms. The lowest BCUT2D eigenvalue weighted by atomic mass is 9.97. The minimum atomic E-state index is -0.209. The van der Waals surface area contributed by atoms with Crippen LogP contribution in [0.15, 0.2) is 24.3 Å². The number of rotatable bonds is 6. The Labute approximate surface area is 125 Å². The number of benzene rings is 1. The molecule has 1 aliphatic heterocycles. The molecule has 0 saturated carbocycles. The Hall–Kier alpha value is -1.62. The van der Waals surface area contributed by atoms with Gasteiger partial charge in [-0.25, -0.2) is 4.39 Å². The van der Waals surface area contributed by atoms with Crippen molar-refractivity contribution in [3.8, 4) is 0 Å². The van der Waals surface area contributed by atoms with Gasteiger partial charge < -0.3 is 15.5 Å². The first kappa shape index (κ1) is 15.8. The van der Waals surface area contributed by atoms with E-state index in [9.17, 15) is 9.18 Å². The zero-order chi connectivity index (χ0) is 15.1. The maximum atomic E-state index is 13.6. The molecule has 0 aromatic heterocycles. The van der Waals surface area contributed by atoms with Gasteiger partial charge in [-0.1, -0.05) is 12.1 Å². The summed E-state index contributed by atoms with van der Waals surface area (Å²) < 4.78 is 13.6. The molecular formula is C16H24FN3O. The summed E-state index contributed by atoms with van der Waals surface area (Å²) in [7, 11) is 1.87. The summed E-state index contributed by atoms with van der Waals surface area (Å²) in [5.74, 6) is 0.0966. The van der Waals surface area contributed by atoms with E-state index in [0.717, 1.165) is 32.4 Å². The standard InChI is InChI=1S/C16H24FN3O/c1-20(15-6-3-2-5-14(15)17)12-4-9-19-16(21)13-7-10-18-11-8-13/h2-3,5-6,13,18H,4,7-12H2,1H3,(H,19,21). The molecule has 5 heteroatoms. The van der Waals surface area contributed by atoms with Gasteiger partial charge in [-0.2, -0.15) is 0 Å². The molecular weight excluding hydrogens is 269 g/mol. The van der Waals surface area contributed by atoms with E-state index in [1.165, 1.54) is 6.07 Å². The summed E-state index contributed by atoms with van der Waals surface area (Å²) >= 11 is 0. The van der Waals surface area contributed by atoms with Crippen molar-refractivity contribution in [3.05, 3.63) is 30.1 Å². The number of amides is 1. The smallest absolute Gasteiger partial charge is 0.223 e. The van der Waals surface area contributed by atoms with Crippen LogP contribution in [0.3, 0.4) is 0 Å². The van der Waals surface area contributed by atoms with Crippen LogP contribution in [0.25, 0.3) is 0 Å². The summed E-state index contributed by atoms with van der Waals surface area (Å²) in [5, 5.41) is 6.24. The van der Waals surface area contributed by atoms with Gasteiger partial charge >= 0.3 is 0 Å². The lowest BCUT2D eigenvalue weighted by Gasteiger charge is -2.23. The molecule has 116 valence electrons. The topological polar surface area (TPSA) is 44.4 Å². The van der Waals surface area contributed by atoms with Crippen LogP contribution in [0.1, 0.15) is 19.3 Å². The summed E-state index contributed by atoms with van der Waals surface area (Å²) in [6.07, 6.45) is 2.64. The average molecular weight is 293 g/mol. The fourth-order valence-corrected chi connectivity index (χ4v) is 2.64. The van der Waals surface area contributed by atoms with Gasteiger partial charge in [0.1, 0.15) is 5.82 Å². The maximum Gasteiger partial charge on any atom is 0.223 e. The van der Waals surface area contributed by atoms with Crippen LogP contribution >= 0.6 is 0 Å². The number of hydrogen-bond acceptors (Lipinski definition) is 3. The van der Waals surface area contributed by atoms with E-state index in [2.05, 4.69) is 10.6 Å². The average Bonchev–Trinajstić information content (AvgIpc) is 2.52. The van der Waals surface area contributed by atoms with E-state index in [0.29, 0.717) is 18.8 Å². The summed E-state index contributed by atoms with van der Waals surface area (Å²) in [5.41, 5.74) is 0.599. The number of nitrogens with one attached hydrogen (secondary N) is 2. The molecule has 1 aromatic rings. The third-order valence-corrected chi connectivity index (χ3v) is 3.94. The van der Waals surface area contributed by atoms with E-state index >= 15 is 0 Å². The van der Waals surface area contributed by atoms with Gasteiger partial charge in [-0.15, -0.1) is 0 Å². The zero-order valence-electron chi connectivity index (χ0n) is 12.6. The van der Waals surface area contributed by atoms with Crippen LogP contribution in [0.2, 0.25) is 0 Å². The Balaban J connectivity index is 1.67. The minimum Gasteiger partial charge on any atom is -0.372 e. The molecule has 1 aromatic carbocycles. The molecule has 1 heterocycles. The van der Waals surface area contributed by atoms with Gasteiger partial charge in [-0.05, 0) is 44.5 Å². The van der Waals surface area contributed by atoms with Gasteiger partial charge in [0.05, 0.1) is 5.69 Å². The van der Waals surface area contributed by atoms with Gasteiger partial charge in [0.15, 0.2) is 0 Å². The molecule has 0 radical (unpaired) electrons. The Morgan fingerprint density at radius 2 is 2.10 bits per heavy atom. The van der Waals surface area contributed by atoms with Crippen molar-refractivity contribution in [3.63, 3.8) is 0 Å². The minimum absolute atomic E-state index is 0.149. The number of hydrogen-bond donors (Lipinski definition) is 2. The SMILES string of the molecule is CN(CCCNC(=O)C1CCNCC1)c1ccccc1F. The van der Waals surface area contributed by atoms with Crippen molar-refractivity contribution >= 4 is 11.6 Å². The molecule has 0 aliphatic carbocycles. The molecule has 21 heavy (non-hydrogen) atoms. The van der Waals surface area contributed by atoms with Crippen LogP contribution in [0.5, 0.6) is 0 Å². The van der Waals surface area contributed by atoms with E-state index in [-0.39, 0.29) is 17.6 Å². The third-order valence-electron chi connectivity index (χ3n) is 3.94. The predicted molar refractivity (Wildman–Crippen MR) is 82.9 cm³/mol. The van der Waals surface area contributed by atoms with E-state index < -0.39 is 0 Å². The third kappa shape index (κ3) is 4.70. The van der Waals surface area contributed by atoms with Crippen LogP contribution in [0, 0.1) is 11.7 Å². The molecule has 1 aliphatic rings. The second-order valence-corrected chi connectivity index (χ2v) is 5.54. The second-order valence-electron chi connectivity index (χ2n) is 5.54. The normalized spacial score (nSPS) is 15.7. The molecule has 0 bridgehead atoms. The monoisotopic (exact) mass is 293 g/mol. The summed E-state index contributed by atoms with van der Waals surface area (Å²) in [4.78, 5) is 13.8. The Morgan fingerprint density at radius 1 is 1.38 bits per heavy atom. The van der Waals surface area contributed by atoms with Crippen molar-refractivity contribution in [2.75, 3.05) is 38.1 Å². The predicted octanol–water partition coefficient (Wildman–Crippen LogP) is 1.77. The van der Waals surface area contributed by atoms with Crippen LogP contribution in [0.4, 0.5) is 10.1 Å². The number of para-hydroxylation sites is 1. The first-order chi connectivity index (χ1) is 10.2. The number of carbonyl (C=O) groups is 1. The summed E-state index contributed by atoms with van der Waals surface area (Å²) in [6, 6.07) is 6.74. The van der Waals surface area contributed by atoms with Crippen molar-refractivity contribution in [1.29, 1.82) is 0 Å². The van der Waals surface area contributed by atoms with E-state index in [1.54, 1.807) is 12.1 Å². The number of carbonyl (C=O) groups excluding carboxylic acids is 1. The van der Waals surface area contributed by atoms with Gasteiger partial charge in [0, 0.05) is 26.1 Å². The largest absolute Gasteiger partial charge is 0.372 e. The van der Waals surface area contributed by atoms with Crippen LogP contribution in [-0.4, -0.2) is 39.1 Å². The van der Waals surface area contributed by atoms with E-state index in [4.69, 9.17) is 0 Å². The molecule has 2 rings (SSSR count). The molecule has 1 amide bonds. The van der Waals surface area contributed by atoms with Crippen molar-refractivity contribution in [2.24, 2.45) is 5.92 Å². The fourth-order valence-electron chi connectivity index (χ4n) is 2.64. The number of piperidine rings is 1. The quantitative estimate of drug-likeness (QED) is 0.786. The second kappa shape index (κ2) is 7.98. The van der Waals surface area contributed by atoms with Crippen LogP contribution < -0.4 is 15.5 Å². The lowest BCUT2D eigenvalue weighted by Crippen LogP contribution is -2.39. The highest BCUT2D eigenvalue weighted by molar-refractivity contribution is 5.78. The van der Waals surface area contributed by atoms with E-state index in [1.807, 2.05) is 18.0 Å². The molecule has 0 unspecified atom stereocenters. The highest BCUT2D eigenvalue weighted by Crippen LogP contribution is 2.17. The van der Waals surface area contributed by atoms with Gasteiger partial charge in [0.25, 0.3) is 0 Å². The van der Waals surface area contributed by atoms with Crippen LogP contribution in [-0.2, 0) is 4.79 Å². The van der Waals surface area contributed by atoms with Gasteiger partial charge in [0.2, 0.25) is 5.91 Å². The fraction of sp³-hybridized carbons (Fsp3) is 0.562. The molecule has 1 fully saturated rings. The molecule has 4 nitrogen and oxygen atoms in total. The Morgan fingerprint density at radius 3 is 2.81 bits per heavy atom. The number of anilines is 1. The highest BCUT2D eigenvalue weighted by Gasteiger charge is 2.20. The Bertz CT molecular complexity index is 461. The molecule has 2 N–H and O–H groups in total. The lowest BCUT2D eigenvalue weighted by molar-refractivity contribution is -0.125. The summed E-state index contributed by atoms with van der Waals surface area (Å²) in [6.45, 7) is 3.21. The van der Waals surface area contributed by atoms with Crippen molar-refractivity contribution < 1.29 is 9.18 Å². The zero-order valence-corrected chi connectivity index (χ0v) is 12.6. The molecule has 1 saturated heterocycles. The first-order valence-corrected chi connectivity index (χ1v) is 7.62.